The molecule has 0 atom stereocenters. The summed E-state index contributed by atoms with van der Waals surface area (Å²) in [5, 5.41) is 13.7. The Kier molecular flexibility index (Phi) is 5.42. The summed E-state index contributed by atoms with van der Waals surface area (Å²) in [5.74, 6) is 0.678. The van der Waals surface area contributed by atoms with Crippen molar-refractivity contribution in [3.05, 3.63) is 27.8 Å². The maximum absolute atomic E-state index is 4.33. The molecule has 0 saturated carbocycles. The second-order valence-electron chi connectivity index (χ2n) is 4.71. The third-order valence-corrected chi connectivity index (χ3v) is 3.96. The van der Waals surface area contributed by atoms with E-state index in [0.29, 0.717) is 5.92 Å². The Morgan fingerprint density at radius 2 is 2.16 bits per heavy atom. The van der Waals surface area contributed by atoms with E-state index in [1.54, 1.807) is 17.5 Å². The lowest BCUT2D eigenvalue weighted by Gasteiger charge is -2.05. The number of rotatable bonds is 6. The van der Waals surface area contributed by atoms with Gasteiger partial charge >= 0.3 is 0 Å². The molecular weight excluding hydrogens is 324 g/mol. The predicted octanol–water partition coefficient (Wildman–Crippen LogP) is 3.15. The minimum atomic E-state index is 0.678. The average Bonchev–Trinajstić information content (AvgIpc) is 2.84. The van der Waals surface area contributed by atoms with Crippen LogP contribution in [0.1, 0.15) is 18.9 Å². The summed E-state index contributed by atoms with van der Waals surface area (Å²) in [4.78, 5) is 4.33. The van der Waals surface area contributed by atoms with Crippen LogP contribution < -0.4 is 5.32 Å². The molecule has 0 saturated heterocycles. The van der Waals surface area contributed by atoms with E-state index in [1.165, 1.54) is 0 Å². The molecule has 4 nitrogen and oxygen atoms in total. The summed E-state index contributed by atoms with van der Waals surface area (Å²) in [6.07, 6.45) is 2.70. The zero-order chi connectivity index (χ0) is 13.7. The van der Waals surface area contributed by atoms with E-state index in [0.717, 1.165) is 39.7 Å². The van der Waals surface area contributed by atoms with E-state index < -0.39 is 0 Å². The lowest BCUT2D eigenvalue weighted by Crippen LogP contribution is -2.22. The van der Waals surface area contributed by atoms with Crippen LogP contribution in [-0.4, -0.2) is 28.3 Å². The Bertz CT molecular complexity index is 510. The topological polar surface area (TPSA) is 50.7 Å². The number of nitrogens with one attached hydrogen (secondary N) is 1. The first-order valence-electron chi connectivity index (χ1n) is 6.30. The van der Waals surface area contributed by atoms with Gasteiger partial charge in [0.2, 0.25) is 0 Å². The highest BCUT2D eigenvalue weighted by Crippen LogP contribution is 2.22. The number of pyridine rings is 1. The molecule has 0 unspecified atom stereocenters. The smallest absolute Gasteiger partial charge is 0.166 e. The number of nitrogens with zero attached hydrogens (tertiary/aromatic N) is 3. The number of hydrogen-bond acceptors (Lipinski definition) is 5. The van der Waals surface area contributed by atoms with Crippen molar-refractivity contribution >= 4 is 27.3 Å². The van der Waals surface area contributed by atoms with Gasteiger partial charge in [0, 0.05) is 23.6 Å². The van der Waals surface area contributed by atoms with Crippen LogP contribution >= 0.6 is 27.3 Å². The van der Waals surface area contributed by atoms with Crippen molar-refractivity contribution in [3.63, 3.8) is 0 Å². The van der Waals surface area contributed by atoms with Crippen LogP contribution in [-0.2, 0) is 6.42 Å². The highest BCUT2D eigenvalue weighted by Gasteiger charge is 2.07. The molecule has 0 aliphatic rings. The molecule has 0 fully saturated rings. The molecule has 2 aromatic rings. The molecule has 19 heavy (non-hydrogen) atoms. The number of halogens is 1. The predicted molar refractivity (Wildman–Crippen MR) is 82.3 cm³/mol. The molecule has 6 heteroatoms. The molecule has 0 amide bonds. The summed E-state index contributed by atoms with van der Waals surface area (Å²) in [5.41, 5.74) is 0.877. The first-order valence-corrected chi connectivity index (χ1v) is 7.91. The van der Waals surface area contributed by atoms with Gasteiger partial charge in [0.15, 0.2) is 5.01 Å². The van der Waals surface area contributed by atoms with E-state index in [4.69, 9.17) is 0 Å². The lowest BCUT2D eigenvalue weighted by molar-refractivity contribution is 0.553. The van der Waals surface area contributed by atoms with Gasteiger partial charge in [-0.1, -0.05) is 25.2 Å². The van der Waals surface area contributed by atoms with Gasteiger partial charge in [-0.05, 0) is 40.5 Å². The van der Waals surface area contributed by atoms with Gasteiger partial charge in [0.1, 0.15) is 10.7 Å². The summed E-state index contributed by atoms with van der Waals surface area (Å²) in [6, 6.07) is 3.92. The van der Waals surface area contributed by atoms with Gasteiger partial charge in [-0.2, -0.15) is 0 Å². The van der Waals surface area contributed by atoms with E-state index in [1.807, 2.05) is 12.1 Å². The quantitative estimate of drug-likeness (QED) is 0.820. The molecule has 2 heterocycles. The molecule has 2 rings (SSSR count). The van der Waals surface area contributed by atoms with Crippen LogP contribution in [0.3, 0.4) is 0 Å². The molecule has 0 bridgehead atoms. The molecule has 102 valence electrons. The molecule has 0 spiro atoms. The van der Waals surface area contributed by atoms with Crippen LogP contribution in [0.15, 0.2) is 22.8 Å². The fourth-order valence-corrected chi connectivity index (χ4v) is 2.60. The van der Waals surface area contributed by atoms with Crippen molar-refractivity contribution in [2.45, 2.75) is 20.3 Å². The normalized spacial score (nSPS) is 11.2. The second kappa shape index (κ2) is 7.07. The molecule has 2 aromatic heterocycles. The Morgan fingerprint density at radius 3 is 2.84 bits per heavy atom. The number of hydrogen-bond donors (Lipinski definition) is 1. The molecule has 0 aromatic carbocycles. The summed E-state index contributed by atoms with van der Waals surface area (Å²) < 4.78 is 0.971. The van der Waals surface area contributed by atoms with Crippen molar-refractivity contribution in [1.82, 2.24) is 20.5 Å². The third kappa shape index (κ3) is 4.63. The third-order valence-electron chi connectivity index (χ3n) is 2.48. The maximum Gasteiger partial charge on any atom is 0.166 e. The largest absolute Gasteiger partial charge is 0.316 e. The monoisotopic (exact) mass is 340 g/mol. The van der Waals surface area contributed by atoms with Crippen LogP contribution in [0.5, 0.6) is 0 Å². The molecule has 0 aliphatic carbocycles. The van der Waals surface area contributed by atoms with Gasteiger partial charge in [0.25, 0.3) is 0 Å². The molecular formula is C13H17BrN4S. The van der Waals surface area contributed by atoms with E-state index in [-0.39, 0.29) is 0 Å². The molecule has 0 radical (unpaired) electrons. The summed E-state index contributed by atoms with van der Waals surface area (Å²) >= 11 is 4.98. The van der Waals surface area contributed by atoms with Gasteiger partial charge < -0.3 is 5.32 Å². The summed E-state index contributed by atoms with van der Waals surface area (Å²) in [6.45, 7) is 6.39. The van der Waals surface area contributed by atoms with Crippen molar-refractivity contribution in [3.8, 4) is 10.7 Å². The fourth-order valence-electron chi connectivity index (χ4n) is 1.55. The van der Waals surface area contributed by atoms with E-state index >= 15 is 0 Å². The fraction of sp³-hybridized carbons (Fsp3) is 0.462. The Hall–Kier alpha value is -0.850. The van der Waals surface area contributed by atoms with Crippen molar-refractivity contribution < 1.29 is 0 Å². The van der Waals surface area contributed by atoms with Crippen LogP contribution in [0.4, 0.5) is 0 Å². The maximum atomic E-state index is 4.33. The van der Waals surface area contributed by atoms with E-state index in [9.17, 15) is 0 Å². The van der Waals surface area contributed by atoms with Gasteiger partial charge in [-0.15, -0.1) is 10.2 Å². The molecule has 0 aliphatic heterocycles. The van der Waals surface area contributed by atoms with Crippen LogP contribution in [0, 0.1) is 5.92 Å². The number of aromatic nitrogens is 3. The second-order valence-corrected chi connectivity index (χ2v) is 6.69. The minimum Gasteiger partial charge on any atom is -0.316 e. The standard InChI is InChI=1S/C13H17BrN4S/c1-9(2)7-15-6-5-12-17-18-13(19-12)11-4-3-10(14)8-16-11/h3-4,8-9,15H,5-7H2,1-2H3. The van der Waals surface area contributed by atoms with Crippen LogP contribution in [0.25, 0.3) is 10.7 Å². The average molecular weight is 341 g/mol. The minimum absolute atomic E-state index is 0.678. The highest BCUT2D eigenvalue weighted by molar-refractivity contribution is 9.10. The Balaban J connectivity index is 1.90. The zero-order valence-electron chi connectivity index (χ0n) is 11.1. The SMILES string of the molecule is CC(C)CNCCc1nnc(-c2ccc(Br)cn2)s1. The zero-order valence-corrected chi connectivity index (χ0v) is 13.5. The van der Waals surface area contributed by atoms with Crippen molar-refractivity contribution in [2.24, 2.45) is 5.92 Å². The first kappa shape index (κ1) is 14.6. The van der Waals surface area contributed by atoms with E-state index in [2.05, 4.69) is 50.3 Å². The molecule has 1 N–H and O–H groups in total. The lowest BCUT2D eigenvalue weighted by atomic mass is 10.2. The Morgan fingerprint density at radius 1 is 1.32 bits per heavy atom. The Labute approximate surface area is 125 Å². The van der Waals surface area contributed by atoms with Crippen LogP contribution in [0.2, 0.25) is 0 Å². The van der Waals surface area contributed by atoms with Crippen molar-refractivity contribution in [2.75, 3.05) is 13.1 Å². The highest BCUT2D eigenvalue weighted by atomic mass is 79.9. The van der Waals surface area contributed by atoms with Crippen molar-refractivity contribution in [1.29, 1.82) is 0 Å². The first-order chi connectivity index (χ1) is 9.15. The summed E-state index contributed by atoms with van der Waals surface area (Å²) in [7, 11) is 0. The van der Waals surface area contributed by atoms with Gasteiger partial charge in [0.05, 0.1) is 0 Å². The van der Waals surface area contributed by atoms with Gasteiger partial charge in [-0.3, -0.25) is 4.98 Å². The van der Waals surface area contributed by atoms with Gasteiger partial charge in [-0.25, -0.2) is 0 Å².